The average Bonchev–Trinajstić information content (AvgIpc) is 3.44. The first-order valence-electron chi connectivity index (χ1n) is 32.9. The quantitative estimate of drug-likeness (QED) is 0.0261. The van der Waals surface area contributed by atoms with Gasteiger partial charge in [0, 0.05) is 19.3 Å². The second-order valence-corrected chi connectivity index (χ2v) is 21.6. The number of hydrogen-bond donors (Lipinski definition) is 0. The van der Waals surface area contributed by atoms with Crippen LogP contribution in [-0.4, -0.2) is 37.2 Å². The number of carbonyl (C=O) groups is 3. The zero-order chi connectivity index (χ0) is 56.4. The van der Waals surface area contributed by atoms with Gasteiger partial charge in [0.2, 0.25) is 0 Å². The molecule has 1 unspecified atom stereocenters. The third-order valence-corrected chi connectivity index (χ3v) is 14.0. The Morgan fingerprint density at radius 2 is 0.500 bits per heavy atom. The van der Waals surface area contributed by atoms with Crippen molar-refractivity contribution in [2.24, 2.45) is 0 Å². The van der Waals surface area contributed by atoms with Crippen molar-refractivity contribution in [3.8, 4) is 0 Å². The molecule has 0 aromatic rings. The molecule has 0 N–H and O–H groups in total. The molecule has 0 spiro atoms. The molecule has 0 saturated heterocycles. The summed E-state index contributed by atoms with van der Waals surface area (Å²) in [4.78, 5) is 38.3. The largest absolute Gasteiger partial charge is 0.462 e. The number of ether oxygens (including phenoxy) is 3. The lowest BCUT2D eigenvalue weighted by molar-refractivity contribution is -0.167. The normalized spacial score (nSPS) is 12.8. The number of allylic oxidation sites excluding steroid dienone is 18. The highest BCUT2D eigenvalue weighted by Gasteiger charge is 2.19. The Morgan fingerprint density at radius 1 is 0.269 bits per heavy atom. The fraction of sp³-hybridized carbons (Fsp3) is 0.708. The van der Waals surface area contributed by atoms with Gasteiger partial charge in [-0.1, -0.05) is 271 Å². The standard InChI is InChI=1S/C72H122O6/c1-4-7-10-13-16-19-22-25-27-29-31-32-33-34-35-36-37-38-39-40-42-43-45-47-50-53-56-59-62-65-71(74)77-68-69(67-76-70(73)64-61-58-55-52-49-24-21-18-15-12-9-6-3)78-72(75)66-63-60-57-54-51-48-46-44-41-30-28-26-23-20-17-14-11-8-5-2/h7,10,16,18-19,21,25-28,31-32,34-35,37-38,40,42,69H,4-6,8-9,11-15,17,20,22-24,29-30,33,36,39,41,43-68H2,1-3H3/b10-7-,19-16-,21-18-,27-25-,28-26-,32-31-,35-34-,38-37-,42-40-. The fourth-order valence-corrected chi connectivity index (χ4v) is 9.06. The van der Waals surface area contributed by atoms with Crippen LogP contribution < -0.4 is 0 Å². The molecular weight excluding hydrogens is 961 g/mol. The fourth-order valence-electron chi connectivity index (χ4n) is 9.06. The van der Waals surface area contributed by atoms with E-state index in [0.29, 0.717) is 19.3 Å². The summed E-state index contributed by atoms with van der Waals surface area (Å²) in [7, 11) is 0. The summed E-state index contributed by atoms with van der Waals surface area (Å²) in [5, 5.41) is 0. The predicted octanol–water partition coefficient (Wildman–Crippen LogP) is 22.6. The summed E-state index contributed by atoms with van der Waals surface area (Å²) >= 11 is 0. The van der Waals surface area contributed by atoms with Crippen LogP contribution in [0.3, 0.4) is 0 Å². The Kier molecular flexibility index (Phi) is 62.3. The second kappa shape index (κ2) is 65.6. The molecule has 0 saturated carbocycles. The molecule has 0 aliphatic carbocycles. The van der Waals surface area contributed by atoms with Crippen LogP contribution in [0.2, 0.25) is 0 Å². The molecule has 0 fully saturated rings. The smallest absolute Gasteiger partial charge is 0.306 e. The molecule has 0 rings (SSSR count). The molecular formula is C72H122O6. The topological polar surface area (TPSA) is 78.9 Å². The molecule has 0 amide bonds. The van der Waals surface area contributed by atoms with E-state index in [1.807, 2.05) is 0 Å². The molecule has 446 valence electrons. The Hall–Kier alpha value is -3.93. The van der Waals surface area contributed by atoms with Crippen LogP contribution >= 0.6 is 0 Å². The van der Waals surface area contributed by atoms with Gasteiger partial charge in [0.05, 0.1) is 0 Å². The van der Waals surface area contributed by atoms with Crippen molar-refractivity contribution in [2.75, 3.05) is 13.2 Å². The van der Waals surface area contributed by atoms with Gasteiger partial charge in [0.1, 0.15) is 13.2 Å². The van der Waals surface area contributed by atoms with E-state index in [0.717, 1.165) is 116 Å². The van der Waals surface area contributed by atoms with Gasteiger partial charge in [-0.2, -0.15) is 0 Å². The summed E-state index contributed by atoms with van der Waals surface area (Å²) in [5.41, 5.74) is 0. The van der Waals surface area contributed by atoms with Crippen LogP contribution in [0.4, 0.5) is 0 Å². The lowest BCUT2D eigenvalue weighted by Crippen LogP contribution is -2.30. The summed E-state index contributed by atoms with van der Waals surface area (Å²) in [6, 6.07) is 0. The van der Waals surface area contributed by atoms with Gasteiger partial charge < -0.3 is 14.2 Å². The number of unbranched alkanes of at least 4 members (excludes halogenated alkanes) is 30. The van der Waals surface area contributed by atoms with E-state index < -0.39 is 6.10 Å². The van der Waals surface area contributed by atoms with Crippen LogP contribution in [0.25, 0.3) is 0 Å². The molecule has 1 atom stereocenters. The summed E-state index contributed by atoms with van der Waals surface area (Å²) in [6.07, 6.45) is 89.5. The minimum absolute atomic E-state index is 0.0861. The van der Waals surface area contributed by atoms with Crippen LogP contribution in [-0.2, 0) is 28.6 Å². The maximum Gasteiger partial charge on any atom is 0.306 e. The first-order chi connectivity index (χ1) is 38.5. The zero-order valence-corrected chi connectivity index (χ0v) is 51.2. The van der Waals surface area contributed by atoms with E-state index in [2.05, 4.69) is 130 Å². The molecule has 0 aliphatic rings. The second-order valence-electron chi connectivity index (χ2n) is 21.6. The molecule has 0 aromatic carbocycles. The summed E-state index contributed by atoms with van der Waals surface area (Å²) < 4.78 is 16.9. The summed E-state index contributed by atoms with van der Waals surface area (Å²) in [6.45, 7) is 6.50. The SMILES string of the molecule is CC/C=C\C/C=C\C/C=C\C/C=C\C/C=C\C/C=C\C/C=C\CCCCCCCCCC(=O)OCC(COC(=O)CCCCCCC/C=C\CCCCC)OC(=O)CCCCCCCCCCC/C=C\CCCCCCCC. The first kappa shape index (κ1) is 74.1. The number of hydrogen-bond acceptors (Lipinski definition) is 6. The third kappa shape index (κ3) is 62.9. The Morgan fingerprint density at radius 3 is 0.821 bits per heavy atom. The van der Waals surface area contributed by atoms with Crippen LogP contribution in [0.5, 0.6) is 0 Å². The van der Waals surface area contributed by atoms with Crippen LogP contribution in [0, 0.1) is 0 Å². The minimum atomic E-state index is -0.789. The highest BCUT2D eigenvalue weighted by molar-refractivity contribution is 5.71. The maximum absolute atomic E-state index is 12.9. The van der Waals surface area contributed by atoms with Gasteiger partial charge in [-0.3, -0.25) is 14.4 Å². The highest BCUT2D eigenvalue weighted by Crippen LogP contribution is 2.16. The van der Waals surface area contributed by atoms with E-state index in [9.17, 15) is 14.4 Å². The van der Waals surface area contributed by atoms with Gasteiger partial charge in [-0.15, -0.1) is 0 Å². The molecule has 78 heavy (non-hydrogen) atoms. The van der Waals surface area contributed by atoms with Crippen LogP contribution in [0.1, 0.15) is 310 Å². The minimum Gasteiger partial charge on any atom is -0.462 e. The monoisotopic (exact) mass is 1080 g/mol. The lowest BCUT2D eigenvalue weighted by atomic mass is 10.1. The summed E-state index contributed by atoms with van der Waals surface area (Å²) in [5.74, 6) is -0.900. The van der Waals surface area contributed by atoms with E-state index in [4.69, 9.17) is 14.2 Å². The van der Waals surface area contributed by atoms with Crippen molar-refractivity contribution in [1.29, 1.82) is 0 Å². The Balaban J connectivity index is 4.32. The lowest BCUT2D eigenvalue weighted by Gasteiger charge is -2.18. The maximum atomic E-state index is 12.9. The molecule has 6 nitrogen and oxygen atoms in total. The predicted molar refractivity (Wildman–Crippen MR) is 339 cm³/mol. The van der Waals surface area contributed by atoms with Crippen LogP contribution in [0.15, 0.2) is 109 Å². The zero-order valence-electron chi connectivity index (χ0n) is 51.2. The average molecular weight is 1080 g/mol. The van der Waals surface area contributed by atoms with E-state index in [-0.39, 0.29) is 31.1 Å². The van der Waals surface area contributed by atoms with Gasteiger partial charge in [-0.25, -0.2) is 0 Å². The Bertz CT molecular complexity index is 1570. The molecule has 0 heterocycles. The molecule has 0 bridgehead atoms. The molecule has 0 radical (unpaired) electrons. The Labute approximate surface area is 482 Å². The third-order valence-electron chi connectivity index (χ3n) is 14.0. The number of carbonyl (C=O) groups excluding carboxylic acids is 3. The van der Waals surface area contributed by atoms with Gasteiger partial charge in [-0.05, 0) is 128 Å². The first-order valence-corrected chi connectivity index (χ1v) is 32.9. The van der Waals surface area contributed by atoms with Crippen molar-refractivity contribution in [3.63, 3.8) is 0 Å². The van der Waals surface area contributed by atoms with Crippen molar-refractivity contribution in [2.45, 2.75) is 316 Å². The number of esters is 3. The van der Waals surface area contributed by atoms with Gasteiger partial charge in [0.15, 0.2) is 6.10 Å². The van der Waals surface area contributed by atoms with E-state index in [1.165, 1.54) is 154 Å². The molecule has 0 aliphatic heterocycles. The molecule has 6 heteroatoms. The van der Waals surface area contributed by atoms with E-state index in [1.54, 1.807) is 0 Å². The number of rotatable bonds is 59. The van der Waals surface area contributed by atoms with Crippen molar-refractivity contribution in [1.82, 2.24) is 0 Å². The van der Waals surface area contributed by atoms with Crippen molar-refractivity contribution in [3.05, 3.63) is 109 Å². The van der Waals surface area contributed by atoms with Crippen molar-refractivity contribution >= 4 is 17.9 Å². The van der Waals surface area contributed by atoms with Gasteiger partial charge >= 0.3 is 17.9 Å². The van der Waals surface area contributed by atoms with Crippen molar-refractivity contribution < 1.29 is 28.6 Å². The highest BCUT2D eigenvalue weighted by atomic mass is 16.6. The molecule has 0 aromatic heterocycles. The van der Waals surface area contributed by atoms with Gasteiger partial charge in [0.25, 0.3) is 0 Å². The van der Waals surface area contributed by atoms with E-state index >= 15 is 0 Å².